The Labute approximate surface area is 95.1 Å². The zero-order valence-corrected chi connectivity index (χ0v) is 9.75. The van der Waals surface area contributed by atoms with Crippen molar-refractivity contribution in [1.29, 1.82) is 0 Å². The normalized spacial score (nSPS) is 15.5. The molecule has 0 atom stereocenters. The summed E-state index contributed by atoms with van der Waals surface area (Å²) in [5.74, 6) is 1.43. The third kappa shape index (κ3) is 2.78. The van der Waals surface area contributed by atoms with E-state index in [2.05, 4.69) is 0 Å². The van der Waals surface area contributed by atoms with E-state index in [1.807, 2.05) is 32.0 Å². The Morgan fingerprint density at radius 3 is 2.67 bits per heavy atom. The second-order valence-corrected chi connectivity index (χ2v) is 4.46. The quantitative estimate of drug-likeness (QED) is 0.780. The van der Waals surface area contributed by atoms with E-state index in [0.29, 0.717) is 16.9 Å². The number of para-hydroxylation sites is 1. The van der Waals surface area contributed by atoms with Crippen molar-refractivity contribution in [3.8, 4) is 11.5 Å². The van der Waals surface area contributed by atoms with Crippen LogP contribution in [0.1, 0.15) is 26.7 Å². The molecule has 0 spiro atoms. The SMILES string of the molecule is CC(C)Oc1cccc(Cl)c1OC1CC1. The Bertz CT molecular complexity index is 345. The molecule has 0 bridgehead atoms. The maximum Gasteiger partial charge on any atom is 0.180 e. The van der Waals surface area contributed by atoms with Gasteiger partial charge < -0.3 is 9.47 Å². The smallest absolute Gasteiger partial charge is 0.180 e. The molecule has 1 saturated carbocycles. The molecule has 3 heteroatoms. The van der Waals surface area contributed by atoms with E-state index in [-0.39, 0.29) is 6.10 Å². The van der Waals surface area contributed by atoms with Gasteiger partial charge in [-0.15, -0.1) is 0 Å². The van der Waals surface area contributed by atoms with Gasteiger partial charge >= 0.3 is 0 Å². The van der Waals surface area contributed by atoms with Gasteiger partial charge in [-0.2, -0.15) is 0 Å². The maximum atomic E-state index is 6.08. The van der Waals surface area contributed by atoms with E-state index in [0.717, 1.165) is 18.6 Å². The number of hydrogen-bond acceptors (Lipinski definition) is 2. The molecule has 1 aromatic carbocycles. The lowest BCUT2D eigenvalue weighted by Gasteiger charge is -2.15. The van der Waals surface area contributed by atoms with Crippen molar-refractivity contribution < 1.29 is 9.47 Å². The lowest BCUT2D eigenvalue weighted by molar-refractivity contribution is 0.218. The van der Waals surface area contributed by atoms with Gasteiger partial charge in [-0.1, -0.05) is 17.7 Å². The average molecular weight is 227 g/mol. The van der Waals surface area contributed by atoms with Gasteiger partial charge in [0, 0.05) is 0 Å². The summed E-state index contributed by atoms with van der Waals surface area (Å²) in [4.78, 5) is 0. The summed E-state index contributed by atoms with van der Waals surface area (Å²) >= 11 is 6.08. The molecule has 1 aliphatic carbocycles. The molecular formula is C12H15ClO2. The largest absolute Gasteiger partial charge is 0.487 e. The summed E-state index contributed by atoms with van der Waals surface area (Å²) in [6.45, 7) is 3.98. The van der Waals surface area contributed by atoms with E-state index in [9.17, 15) is 0 Å². The van der Waals surface area contributed by atoms with Gasteiger partial charge in [0.05, 0.1) is 17.2 Å². The standard InChI is InChI=1S/C12H15ClO2/c1-8(2)14-11-5-3-4-10(13)12(11)15-9-6-7-9/h3-5,8-9H,6-7H2,1-2H3. The fourth-order valence-electron chi connectivity index (χ4n) is 1.30. The monoisotopic (exact) mass is 226 g/mol. The van der Waals surface area contributed by atoms with Gasteiger partial charge in [-0.3, -0.25) is 0 Å². The summed E-state index contributed by atoms with van der Waals surface area (Å²) < 4.78 is 11.4. The topological polar surface area (TPSA) is 18.5 Å². The molecule has 0 saturated heterocycles. The van der Waals surface area contributed by atoms with E-state index < -0.39 is 0 Å². The van der Waals surface area contributed by atoms with Crippen LogP contribution < -0.4 is 9.47 Å². The van der Waals surface area contributed by atoms with Crippen molar-refractivity contribution in [3.63, 3.8) is 0 Å². The van der Waals surface area contributed by atoms with Crippen molar-refractivity contribution in [1.82, 2.24) is 0 Å². The molecule has 0 heterocycles. The average Bonchev–Trinajstić information content (AvgIpc) is 2.94. The first kappa shape index (κ1) is 10.6. The van der Waals surface area contributed by atoms with Crippen LogP contribution in [0.25, 0.3) is 0 Å². The van der Waals surface area contributed by atoms with Crippen LogP contribution in [0.3, 0.4) is 0 Å². The van der Waals surface area contributed by atoms with Crippen LogP contribution >= 0.6 is 11.6 Å². The molecule has 0 unspecified atom stereocenters. The van der Waals surface area contributed by atoms with Gasteiger partial charge in [0.15, 0.2) is 11.5 Å². The van der Waals surface area contributed by atoms with Crippen molar-refractivity contribution in [3.05, 3.63) is 23.2 Å². The fraction of sp³-hybridized carbons (Fsp3) is 0.500. The highest BCUT2D eigenvalue weighted by Gasteiger charge is 2.26. The summed E-state index contributed by atoms with van der Waals surface area (Å²) in [6.07, 6.45) is 2.70. The third-order valence-corrected chi connectivity index (χ3v) is 2.40. The molecule has 0 aromatic heterocycles. The number of rotatable bonds is 4. The van der Waals surface area contributed by atoms with Crippen LogP contribution in [0.4, 0.5) is 0 Å². The first-order valence-corrected chi connectivity index (χ1v) is 5.66. The van der Waals surface area contributed by atoms with Crippen molar-refractivity contribution in [2.24, 2.45) is 0 Å². The Kier molecular flexibility index (Phi) is 3.06. The first-order valence-electron chi connectivity index (χ1n) is 5.28. The molecule has 1 fully saturated rings. The van der Waals surface area contributed by atoms with Crippen LogP contribution in [0, 0.1) is 0 Å². The predicted octanol–water partition coefficient (Wildman–Crippen LogP) is 3.67. The predicted molar refractivity (Wildman–Crippen MR) is 60.9 cm³/mol. The van der Waals surface area contributed by atoms with Gasteiger partial charge in [0.1, 0.15) is 0 Å². The maximum absolute atomic E-state index is 6.08. The molecule has 2 nitrogen and oxygen atoms in total. The lowest BCUT2D eigenvalue weighted by atomic mass is 10.3. The van der Waals surface area contributed by atoms with Crippen molar-refractivity contribution in [2.75, 3.05) is 0 Å². The summed E-state index contributed by atoms with van der Waals surface area (Å²) in [6, 6.07) is 5.59. The molecule has 15 heavy (non-hydrogen) atoms. The fourth-order valence-corrected chi connectivity index (χ4v) is 1.51. The van der Waals surface area contributed by atoms with Crippen LogP contribution in [-0.4, -0.2) is 12.2 Å². The summed E-state index contributed by atoms with van der Waals surface area (Å²) in [5, 5.41) is 0.625. The Hall–Kier alpha value is -0.890. The summed E-state index contributed by atoms with van der Waals surface area (Å²) in [7, 11) is 0. The minimum atomic E-state index is 0.130. The Morgan fingerprint density at radius 1 is 1.33 bits per heavy atom. The zero-order valence-electron chi connectivity index (χ0n) is 9.00. The Morgan fingerprint density at radius 2 is 2.07 bits per heavy atom. The molecule has 1 aromatic rings. The van der Waals surface area contributed by atoms with Crippen molar-refractivity contribution in [2.45, 2.75) is 38.9 Å². The molecule has 2 rings (SSSR count). The van der Waals surface area contributed by atoms with Crippen LogP contribution in [0.2, 0.25) is 5.02 Å². The van der Waals surface area contributed by atoms with Gasteiger partial charge in [-0.25, -0.2) is 0 Å². The highest BCUT2D eigenvalue weighted by molar-refractivity contribution is 6.32. The number of benzene rings is 1. The molecule has 0 N–H and O–H groups in total. The van der Waals surface area contributed by atoms with Crippen LogP contribution in [0.15, 0.2) is 18.2 Å². The third-order valence-electron chi connectivity index (χ3n) is 2.10. The second kappa shape index (κ2) is 4.31. The zero-order chi connectivity index (χ0) is 10.8. The van der Waals surface area contributed by atoms with Gasteiger partial charge in [0.25, 0.3) is 0 Å². The minimum absolute atomic E-state index is 0.130. The van der Waals surface area contributed by atoms with Crippen molar-refractivity contribution >= 4 is 11.6 Å². The lowest BCUT2D eigenvalue weighted by Crippen LogP contribution is -2.08. The molecular weight excluding hydrogens is 212 g/mol. The van der Waals surface area contributed by atoms with E-state index in [4.69, 9.17) is 21.1 Å². The molecule has 82 valence electrons. The van der Waals surface area contributed by atoms with Gasteiger partial charge in [0.2, 0.25) is 0 Å². The molecule has 1 aliphatic rings. The molecule has 0 radical (unpaired) electrons. The van der Waals surface area contributed by atoms with Crippen LogP contribution in [-0.2, 0) is 0 Å². The van der Waals surface area contributed by atoms with Crippen LogP contribution in [0.5, 0.6) is 11.5 Å². The van der Waals surface area contributed by atoms with E-state index >= 15 is 0 Å². The summed E-state index contributed by atoms with van der Waals surface area (Å²) in [5.41, 5.74) is 0. The number of halogens is 1. The number of ether oxygens (including phenoxy) is 2. The highest BCUT2D eigenvalue weighted by atomic mass is 35.5. The first-order chi connectivity index (χ1) is 7.16. The molecule has 0 amide bonds. The molecule has 0 aliphatic heterocycles. The van der Waals surface area contributed by atoms with Gasteiger partial charge in [-0.05, 0) is 38.8 Å². The second-order valence-electron chi connectivity index (χ2n) is 4.05. The van der Waals surface area contributed by atoms with E-state index in [1.54, 1.807) is 0 Å². The number of hydrogen-bond donors (Lipinski definition) is 0. The Balaban J connectivity index is 2.21. The van der Waals surface area contributed by atoms with E-state index in [1.165, 1.54) is 0 Å². The minimum Gasteiger partial charge on any atom is -0.487 e. The highest BCUT2D eigenvalue weighted by Crippen LogP contribution is 2.39.